The van der Waals surface area contributed by atoms with Crippen molar-refractivity contribution in [3.8, 4) is 5.75 Å². The molecule has 5 nitrogen and oxygen atoms in total. The maximum Gasteiger partial charge on any atom is 0.220 e. The van der Waals surface area contributed by atoms with Gasteiger partial charge < -0.3 is 19.5 Å². The molecule has 0 heterocycles. The Kier molecular flexibility index (Phi) is 10.1. The van der Waals surface area contributed by atoms with Gasteiger partial charge in [-0.1, -0.05) is 19.1 Å². The maximum absolute atomic E-state index is 11.7. The number of hydrogen-bond donors (Lipinski definition) is 1. The molecule has 1 aromatic carbocycles. The summed E-state index contributed by atoms with van der Waals surface area (Å²) in [6.45, 7) is 5.08. The molecule has 0 aromatic heterocycles. The fourth-order valence-electron chi connectivity index (χ4n) is 1.87. The zero-order valence-corrected chi connectivity index (χ0v) is 13.6. The predicted molar refractivity (Wildman–Crippen MR) is 86.3 cm³/mol. The molecular weight excluding hydrogens is 282 g/mol. The fraction of sp³-hybridized carbons (Fsp3) is 0.588. The molecule has 0 aliphatic rings. The largest absolute Gasteiger partial charge is 0.497 e. The minimum absolute atomic E-state index is 0.0432. The van der Waals surface area contributed by atoms with Crippen LogP contribution in [0.1, 0.15) is 25.3 Å². The molecule has 0 fully saturated rings. The van der Waals surface area contributed by atoms with Crippen LogP contribution in [0.25, 0.3) is 0 Å². The Morgan fingerprint density at radius 3 is 2.36 bits per heavy atom. The number of rotatable bonds is 12. The van der Waals surface area contributed by atoms with E-state index in [9.17, 15) is 4.79 Å². The van der Waals surface area contributed by atoms with Gasteiger partial charge in [0.2, 0.25) is 5.91 Å². The van der Waals surface area contributed by atoms with Crippen molar-refractivity contribution in [2.24, 2.45) is 0 Å². The Balaban J connectivity index is 2.01. The Morgan fingerprint density at radius 1 is 1.05 bits per heavy atom. The van der Waals surface area contributed by atoms with E-state index >= 15 is 0 Å². The van der Waals surface area contributed by atoms with Crippen LogP contribution in [0.2, 0.25) is 0 Å². The number of ether oxygens (including phenoxy) is 3. The zero-order chi connectivity index (χ0) is 16.0. The first-order valence-corrected chi connectivity index (χ1v) is 7.81. The summed E-state index contributed by atoms with van der Waals surface area (Å²) in [7, 11) is 1.64. The molecule has 0 aliphatic heterocycles. The van der Waals surface area contributed by atoms with Crippen LogP contribution >= 0.6 is 0 Å². The van der Waals surface area contributed by atoms with Gasteiger partial charge >= 0.3 is 0 Å². The lowest BCUT2D eigenvalue weighted by molar-refractivity contribution is -0.121. The molecule has 0 unspecified atom stereocenters. The second kappa shape index (κ2) is 12.0. The second-order valence-electron chi connectivity index (χ2n) is 4.92. The monoisotopic (exact) mass is 309 g/mol. The minimum Gasteiger partial charge on any atom is -0.497 e. The number of hydrogen-bond acceptors (Lipinski definition) is 4. The smallest absolute Gasteiger partial charge is 0.220 e. The summed E-state index contributed by atoms with van der Waals surface area (Å²) >= 11 is 0. The molecule has 0 radical (unpaired) electrons. The summed E-state index contributed by atoms with van der Waals surface area (Å²) in [5.74, 6) is 0.870. The average Bonchev–Trinajstić information content (AvgIpc) is 2.56. The first kappa shape index (κ1) is 18.5. The van der Waals surface area contributed by atoms with Crippen molar-refractivity contribution < 1.29 is 19.0 Å². The van der Waals surface area contributed by atoms with Crippen molar-refractivity contribution in [2.45, 2.75) is 26.2 Å². The third-order valence-electron chi connectivity index (χ3n) is 3.09. The third kappa shape index (κ3) is 8.64. The van der Waals surface area contributed by atoms with Crippen molar-refractivity contribution in [1.29, 1.82) is 0 Å². The molecule has 1 N–H and O–H groups in total. The van der Waals surface area contributed by atoms with Gasteiger partial charge in [0.1, 0.15) is 5.75 Å². The van der Waals surface area contributed by atoms with E-state index in [1.54, 1.807) is 7.11 Å². The van der Waals surface area contributed by atoms with Crippen molar-refractivity contribution >= 4 is 5.91 Å². The van der Waals surface area contributed by atoms with Gasteiger partial charge in [-0.05, 0) is 30.5 Å². The lowest BCUT2D eigenvalue weighted by atomic mass is 10.1. The summed E-state index contributed by atoms with van der Waals surface area (Å²) in [5.41, 5.74) is 1.13. The number of aryl methyl sites for hydroxylation is 1. The molecular formula is C17H27NO4. The van der Waals surface area contributed by atoms with Crippen LogP contribution in [-0.4, -0.2) is 46.0 Å². The number of carbonyl (C=O) groups is 1. The molecule has 5 heteroatoms. The van der Waals surface area contributed by atoms with E-state index in [2.05, 4.69) is 12.2 Å². The van der Waals surface area contributed by atoms with E-state index in [-0.39, 0.29) is 5.91 Å². The van der Waals surface area contributed by atoms with Crippen LogP contribution in [0.3, 0.4) is 0 Å². The van der Waals surface area contributed by atoms with Gasteiger partial charge in [-0.3, -0.25) is 4.79 Å². The third-order valence-corrected chi connectivity index (χ3v) is 3.09. The van der Waals surface area contributed by atoms with E-state index in [1.807, 2.05) is 24.3 Å². The maximum atomic E-state index is 11.7. The SMILES string of the molecule is CCCOCCOCCNC(=O)CCc1ccc(OC)cc1. The second-order valence-corrected chi connectivity index (χ2v) is 4.92. The predicted octanol–water partition coefficient (Wildman–Crippen LogP) is 2.19. The summed E-state index contributed by atoms with van der Waals surface area (Å²) in [6.07, 6.45) is 2.22. The number of nitrogens with one attached hydrogen (secondary N) is 1. The van der Waals surface area contributed by atoms with Gasteiger partial charge in [-0.25, -0.2) is 0 Å². The molecule has 1 amide bonds. The Labute approximate surface area is 132 Å². The molecule has 0 saturated carbocycles. The van der Waals surface area contributed by atoms with Crippen molar-refractivity contribution in [3.05, 3.63) is 29.8 Å². The highest BCUT2D eigenvalue weighted by atomic mass is 16.5. The lowest BCUT2D eigenvalue weighted by Crippen LogP contribution is -2.27. The molecule has 124 valence electrons. The van der Waals surface area contributed by atoms with Gasteiger partial charge in [-0.2, -0.15) is 0 Å². The highest BCUT2D eigenvalue weighted by Crippen LogP contribution is 2.12. The molecule has 0 spiro atoms. The van der Waals surface area contributed by atoms with Crippen LogP contribution in [0.5, 0.6) is 5.75 Å². The van der Waals surface area contributed by atoms with Crippen molar-refractivity contribution in [1.82, 2.24) is 5.32 Å². The summed E-state index contributed by atoms with van der Waals surface area (Å²) in [5, 5.41) is 2.85. The summed E-state index contributed by atoms with van der Waals surface area (Å²) < 4.78 is 15.8. The standard InChI is InChI=1S/C17H27NO4/c1-3-11-21-13-14-22-12-10-18-17(19)9-6-15-4-7-16(20-2)8-5-15/h4-5,7-8H,3,6,9-14H2,1-2H3,(H,18,19). The molecule has 1 rings (SSSR count). The van der Waals surface area contributed by atoms with Crippen LogP contribution in [0.4, 0.5) is 0 Å². The molecule has 0 saturated heterocycles. The minimum atomic E-state index is 0.0432. The van der Waals surface area contributed by atoms with Crippen molar-refractivity contribution in [3.63, 3.8) is 0 Å². The highest BCUT2D eigenvalue weighted by molar-refractivity contribution is 5.76. The van der Waals surface area contributed by atoms with E-state index in [0.29, 0.717) is 32.8 Å². The normalized spacial score (nSPS) is 10.5. The molecule has 0 bridgehead atoms. The van der Waals surface area contributed by atoms with Crippen LogP contribution in [0, 0.1) is 0 Å². The van der Waals surface area contributed by atoms with Crippen LogP contribution in [0.15, 0.2) is 24.3 Å². The molecule has 1 aromatic rings. The quantitative estimate of drug-likeness (QED) is 0.601. The number of carbonyl (C=O) groups excluding carboxylic acids is 1. The highest BCUT2D eigenvalue weighted by Gasteiger charge is 2.02. The lowest BCUT2D eigenvalue weighted by Gasteiger charge is -2.07. The first-order valence-electron chi connectivity index (χ1n) is 7.81. The van der Waals surface area contributed by atoms with Crippen LogP contribution in [-0.2, 0) is 20.7 Å². The number of methoxy groups -OCH3 is 1. The van der Waals surface area contributed by atoms with Gasteiger partial charge in [0, 0.05) is 19.6 Å². The van der Waals surface area contributed by atoms with Crippen molar-refractivity contribution in [2.75, 3.05) is 40.1 Å². The van der Waals surface area contributed by atoms with E-state index in [0.717, 1.165) is 30.8 Å². The molecule has 22 heavy (non-hydrogen) atoms. The zero-order valence-electron chi connectivity index (χ0n) is 13.6. The van der Waals surface area contributed by atoms with Gasteiger partial charge in [-0.15, -0.1) is 0 Å². The summed E-state index contributed by atoms with van der Waals surface area (Å²) in [4.78, 5) is 11.7. The Morgan fingerprint density at radius 2 is 1.73 bits per heavy atom. The topological polar surface area (TPSA) is 56.8 Å². The Bertz CT molecular complexity index is 406. The summed E-state index contributed by atoms with van der Waals surface area (Å²) in [6, 6.07) is 7.76. The average molecular weight is 309 g/mol. The fourth-order valence-corrected chi connectivity index (χ4v) is 1.87. The van der Waals surface area contributed by atoms with Gasteiger partial charge in [0.15, 0.2) is 0 Å². The molecule has 0 aliphatic carbocycles. The Hall–Kier alpha value is -1.59. The first-order chi connectivity index (χ1) is 10.8. The molecule has 0 atom stereocenters. The van der Waals surface area contributed by atoms with E-state index < -0.39 is 0 Å². The number of amides is 1. The van der Waals surface area contributed by atoms with Crippen LogP contribution < -0.4 is 10.1 Å². The number of benzene rings is 1. The van der Waals surface area contributed by atoms with Gasteiger partial charge in [0.25, 0.3) is 0 Å². The van der Waals surface area contributed by atoms with E-state index in [1.165, 1.54) is 0 Å². The van der Waals surface area contributed by atoms with E-state index in [4.69, 9.17) is 14.2 Å². The van der Waals surface area contributed by atoms with Gasteiger partial charge in [0.05, 0.1) is 26.9 Å².